The standard InChI is InChI=1S/C15H12IN3/c16-13-14(18-19-15(13)17)12-8-6-11(7-9-12)10-4-2-1-3-5-10/h1-9H,(H3,17,18,19). The summed E-state index contributed by atoms with van der Waals surface area (Å²) in [7, 11) is 0. The van der Waals surface area contributed by atoms with E-state index in [2.05, 4.69) is 69.2 Å². The number of nitrogen functional groups attached to an aromatic ring is 1. The molecule has 0 fully saturated rings. The molecule has 0 amide bonds. The van der Waals surface area contributed by atoms with Crippen LogP contribution in [0.2, 0.25) is 0 Å². The van der Waals surface area contributed by atoms with E-state index in [1.165, 1.54) is 11.1 Å². The van der Waals surface area contributed by atoms with Gasteiger partial charge in [-0.25, -0.2) is 0 Å². The highest BCUT2D eigenvalue weighted by Crippen LogP contribution is 2.28. The monoisotopic (exact) mass is 361 g/mol. The number of nitrogens with two attached hydrogens (primary N) is 1. The van der Waals surface area contributed by atoms with Gasteiger partial charge in [-0.2, -0.15) is 5.10 Å². The minimum atomic E-state index is 0.544. The molecule has 0 atom stereocenters. The van der Waals surface area contributed by atoms with Crippen molar-refractivity contribution in [2.45, 2.75) is 0 Å². The third-order valence-corrected chi connectivity index (χ3v) is 4.11. The molecule has 19 heavy (non-hydrogen) atoms. The molecule has 4 heteroatoms. The average Bonchev–Trinajstić information content (AvgIpc) is 2.80. The molecule has 3 nitrogen and oxygen atoms in total. The fourth-order valence-corrected chi connectivity index (χ4v) is 2.55. The number of hydrogen-bond donors (Lipinski definition) is 2. The lowest BCUT2D eigenvalue weighted by Gasteiger charge is -2.03. The maximum atomic E-state index is 5.75. The third kappa shape index (κ3) is 2.35. The van der Waals surface area contributed by atoms with E-state index in [-0.39, 0.29) is 0 Å². The number of H-pyrrole nitrogens is 1. The molecule has 0 aliphatic rings. The van der Waals surface area contributed by atoms with E-state index in [1.54, 1.807) is 0 Å². The molecular formula is C15H12IN3. The van der Waals surface area contributed by atoms with Crippen LogP contribution in [0.1, 0.15) is 0 Å². The lowest BCUT2D eigenvalue weighted by atomic mass is 10.0. The molecule has 1 aromatic heterocycles. The van der Waals surface area contributed by atoms with Gasteiger partial charge in [-0.05, 0) is 33.7 Å². The summed E-state index contributed by atoms with van der Waals surface area (Å²) in [6.45, 7) is 0. The first-order valence-corrected chi connectivity index (χ1v) is 6.99. The van der Waals surface area contributed by atoms with Crippen molar-refractivity contribution in [3.05, 3.63) is 58.2 Å². The minimum absolute atomic E-state index is 0.544. The first kappa shape index (κ1) is 12.2. The van der Waals surface area contributed by atoms with Crippen molar-refractivity contribution >= 4 is 28.4 Å². The lowest BCUT2D eigenvalue weighted by molar-refractivity contribution is 1.10. The Balaban J connectivity index is 1.98. The Kier molecular flexibility index (Phi) is 3.25. The summed E-state index contributed by atoms with van der Waals surface area (Å²) in [5, 5.41) is 6.99. The van der Waals surface area contributed by atoms with Crippen LogP contribution in [0, 0.1) is 3.57 Å². The molecule has 0 aliphatic heterocycles. The van der Waals surface area contributed by atoms with Crippen molar-refractivity contribution in [1.29, 1.82) is 0 Å². The fourth-order valence-electron chi connectivity index (χ4n) is 1.99. The van der Waals surface area contributed by atoms with E-state index in [0.717, 1.165) is 14.8 Å². The number of halogens is 1. The van der Waals surface area contributed by atoms with Gasteiger partial charge >= 0.3 is 0 Å². The second-order valence-corrected chi connectivity index (χ2v) is 5.32. The number of aromatic amines is 1. The molecule has 2 aromatic carbocycles. The van der Waals surface area contributed by atoms with Gasteiger partial charge in [0, 0.05) is 5.56 Å². The van der Waals surface area contributed by atoms with E-state index in [9.17, 15) is 0 Å². The topological polar surface area (TPSA) is 54.7 Å². The second kappa shape index (κ2) is 5.05. The minimum Gasteiger partial charge on any atom is -0.381 e. The number of anilines is 1. The summed E-state index contributed by atoms with van der Waals surface area (Å²) < 4.78 is 0.963. The van der Waals surface area contributed by atoms with Gasteiger partial charge in [-0.1, -0.05) is 54.6 Å². The summed E-state index contributed by atoms with van der Waals surface area (Å²) in [5.41, 5.74) is 10.2. The molecule has 1 heterocycles. The fraction of sp³-hybridized carbons (Fsp3) is 0. The molecule has 3 N–H and O–H groups in total. The predicted octanol–water partition coefficient (Wildman–Crippen LogP) is 3.93. The van der Waals surface area contributed by atoms with E-state index < -0.39 is 0 Å². The van der Waals surface area contributed by atoms with Gasteiger partial charge < -0.3 is 5.73 Å². The largest absolute Gasteiger partial charge is 0.381 e. The van der Waals surface area contributed by atoms with Crippen LogP contribution in [-0.2, 0) is 0 Å². The molecule has 0 aliphatic carbocycles. The van der Waals surface area contributed by atoms with Gasteiger partial charge in [0.25, 0.3) is 0 Å². The molecule has 0 saturated carbocycles. The van der Waals surface area contributed by atoms with Gasteiger partial charge in [-0.3, -0.25) is 5.10 Å². The zero-order chi connectivity index (χ0) is 13.2. The maximum Gasteiger partial charge on any atom is 0.159 e. The van der Waals surface area contributed by atoms with Crippen molar-refractivity contribution in [1.82, 2.24) is 10.2 Å². The Morgan fingerprint density at radius 2 is 1.42 bits per heavy atom. The van der Waals surface area contributed by atoms with E-state index in [0.29, 0.717) is 5.82 Å². The highest BCUT2D eigenvalue weighted by Gasteiger charge is 2.09. The van der Waals surface area contributed by atoms with Crippen molar-refractivity contribution < 1.29 is 0 Å². The number of aromatic nitrogens is 2. The normalized spacial score (nSPS) is 10.6. The van der Waals surface area contributed by atoms with Crippen LogP contribution in [0.5, 0.6) is 0 Å². The van der Waals surface area contributed by atoms with E-state index in [1.807, 2.05) is 18.2 Å². The quantitative estimate of drug-likeness (QED) is 0.680. The Bertz CT molecular complexity index is 687. The van der Waals surface area contributed by atoms with Crippen LogP contribution in [0.25, 0.3) is 22.4 Å². The van der Waals surface area contributed by atoms with Gasteiger partial charge in [0.2, 0.25) is 0 Å². The highest BCUT2D eigenvalue weighted by molar-refractivity contribution is 14.1. The van der Waals surface area contributed by atoms with Crippen molar-refractivity contribution in [3.63, 3.8) is 0 Å². The first-order chi connectivity index (χ1) is 9.25. The number of nitrogens with one attached hydrogen (secondary N) is 1. The van der Waals surface area contributed by atoms with Crippen LogP contribution in [0.4, 0.5) is 5.82 Å². The Morgan fingerprint density at radius 1 is 0.842 bits per heavy atom. The van der Waals surface area contributed by atoms with Gasteiger partial charge in [0.05, 0.1) is 9.26 Å². The SMILES string of the molecule is Nc1n[nH]c(-c2ccc(-c3ccccc3)cc2)c1I. The Labute approximate surface area is 125 Å². The molecule has 0 radical (unpaired) electrons. The summed E-state index contributed by atoms with van der Waals surface area (Å²) >= 11 is 2.21. The maximum absolute atomic E-state index is 5.75. The lowest BCUT2D eigenvalue weighted by Crippen LogP contribution is -1.86. The molecule has 0 spiro atoms. The highest BCUT2D eigenvalue weighted by atomic mass is 127. The Morgan fingerprint density at radius 3 is 2.00 bits per heavy atom. The van der Waals surface area contributed by atoms with Crippen LogP contribution in [0.3, 0.4) is 0 Å². The average molecular weight is 361 g/mol. The van der Waals surface area contributed by atoms with Crippen LogP contribution < -0.4 is 5.73 Å². The summed E-state index contributed by atoms with van der Waals surface area (Å²) in [6.07, 6.45) is 0. The molecule has 0 unspecified atom stereocenters. The van der Waals surface area contributed by atoms with Gasteiger partial charge in [0.1, 0.15) is 0 Å². The molecule has 3 aromatic rings. The smallest absolute Gasteiger partial charge is 0.159 e. The number of hydrogen-bond acceptors (Lipinski definition) is 2. The third-order valence-electron chi connectivity index (χ3n) is 3.01. The van der Waals surface area contributed by atoms with E-state index in [4.69, 9.17) is 5.73 Å². The van der Waals surface area contributed by atoms with Gasteiger partial charge in [0.15, 0.2) is 5.82 Å². The van der Waals surface area contributed by atoms with Crippen molar-refractivity contribution in [2.75, 3.05) is 5.73 Å². The summed E-state index contributed by atoms with van der Waals surface area (Å²) in [5.74, 6) is 0.544. The first-order valence-electron chi connectivity index (χ1n) is 5.91. The summed E-state index contributed by atoms with van der Waals surface area (Å²) in [6, 6.07) is 18.7. The zero-order valence-corrected chi connectivity index (χ0v) is 12.3. The number of nitrogens with zero attached hydrogens (tertiary/aromatic N) is 1. The van der Waals surface area contributed by atoms with Crippen LogP contribution >= 0.6 is 22.6 Å². The predicted molar refractivity (Wildman–Crippen MR) is 86.6 cm³/mol. The number of rotatable bonds is 2. The second-order valence-electron chi connectivity index (χ2n) is 4.24. The zero-order valence-electron chi connectivity index (χ0n) is 10.1. The van der Waals surface area contributed by atoms with E-state index >= 15 is 0 Å². The molecule has 0 saturated heterocycles. The number of benzene rings is 2. The van der Waals surface area contributed by atoms with Gasteiger partial charge in [-0.15, -0.1) is 0 Å². The molecular weight excluding hydrogens is 349 g/mol. The molecule has 0 bridgehead atoms. The molecule has 3 rings (SSSR count). The van der Waals surface area contributed by atoms with Crippen LogP contribution in [0.15, 0.2) is 54.6 Å². The molecule has 94 valence electrons. The van der Waals surface area contributed by atoms with Crippen LogP contribution in [-0.4, -0.2) is 10.2 Å². The van der Waals surface area contributed by atoms with Crippen molar-refractivity contribution in [3.8, 4) is 22.4 Å². The Hall–Kier alpha value is -1.82. The summed E-state index contributed by atoms with van der Waals surface area (Å²) in [4.78, 5) is 0. The van der Waals surface area contributed by atoms with Crippen molar-refractivity contribution in [2.24, 2.45) is 0 Å².